The molecule has 0 saturated carbocycles. The van der Waals surface area contributed by atoms with E-state index in [1.165, 1.54) is 0 Å². The fraction of sp³-hybridized carbons (Fsp3) is 0.182. The van der Waals surface area contributed by atoms with Gasteiger partial charge in [0.25, 0.3) is 5.91 Å². The van der Waals surface area contributed by atoms with Gasteiger partial charge in [-0.05, 0) is 73.9 Å². The summed E-state index contributed by atoms with van der Waals surface area (Å²) in [5.41, 5.74) is 6.01. The number of anilines is 3. The predicted octanol–water partition coefficient (Wildman–Crippen LogP) is 5.01. The van der Waals surface area contributed by atoms with Crippen LogP contribution in [0.5, 0.6) is 5.75 Å². The zero-order valence-corrected chi connectivity index (χ0v) is 16.0. The molecule has 0 atom stereocenters. The van der Waals surface area contributed by atoms with Crippen molar-refractivity contribution in [3.63, 3.8) is 0 Å². The minimum absolute atomic E-state index is 0.250. The first-order chi connectivity index (χ1) is 12.9. The minimum Gasteiger partial charge on any atom is -0.495 e. The number of nitrogens with one attached hydrogen (secondary N) is 2. The summed E-state index contributed by atoms with van der Waals surface area (Å²) in [5, 5.41) is 6.21. The van der Waals surface area contributed by atoms with Gasteiger partial charge >= 0.3 is 0 Å². The smallest absolute Gasteiger partial charge is 0.274 e. The van der Waals surface area contributed by atoms with Gasteiger partial charge in [0.05, 0.1) is 12.8 Å². The largest absolute Gasteiger partial charge is 0.495 e. The maximum atomic E-state index is 12.6. The predicted molar refractivity (Wildman–Crippen MR) is 109 cm³/mol. The average Bonchev–Trinajstić information content (AvgIpc) is 2.61. The van der Waals surface area contributed by atoms with Crippen molar-refractivity contribution in [3.8, 4) is 5.75 Å². The Morgan fingerprint density at radius 3 is 2.33 bits per heavy atom. The quantitative estimate of drug-likeness (QED) is 0.670. The van der Waals surface area contributed by atoms with E-state index in [4.69, 9.17) is 4.74 Å². The number of aromatic nitrogens is 1. The standard InChI is InChI=1S/C22H23N3O2/c1-14-5-6-21(27-4)19(12-14)24-17-7-8-23-20(13-17)22(26)25-18-10-15(2)9-16(3)11-18/h5-13H,1-4H3,(H,23,24)(H,25,26). The molecule has 1 heterocycles. The van der Waals surface area contributed by atoms with Crippen molar-refractivity contribution in [3.05, 3.63) is 77.1 Å². The molecule has 0 aliphatic rings. The molecule has 0 unspecified atom stereocenters. The maximum Gasteiger partial charge on any atom is 0.274 e. The number of carbonyl (C=O) groups excluding carboxylic acids is 1. The number of nitrogens with zero attached hydrogens (tertiary/aromatic N) is 1. The third kappa shape index (κ3) is 4.64. The molecule has 2 N–H and O–H groups in total. The molecule has 1 aromatic heterocycles. The monoisotopic (exact) mass is 361 g/mol. The number of hydrogen-bond donors (Lipinski definition) is 2. The number of rotatable bonds is 5. The highest BCUT2D eigenvalue weighted by Gasteiger charge is 2.10. The van der Waals surface area contributed by atoms with Crippen molar-refractivity contribution in [2.45, 2.75) is 20.8 Å². The summed E-state index contributed by atoms with van der Waals surface area (Å²) < 4.78 is 5.39. The number of hydrogen-bond acceptors (Lipinski definition) is 4. The molecule has 0 bridgehead atoms. The van der Waals surface area contributed by atoms with Gasteiger partial charge in [-0.2, -0.15) is 0 Å². The Labute approximate surface area is 159 Å². The SMILES string of the molecule is COc1ccc(C)cc1Nc1ccnc(C(=O)Nc2cc(C)cc(C)c2)c1. The molecule has 1 amide bonds. The molecule has 2 aromatic carbocycles. The first kappa shape index (κ1) is 18.5. The van der Waals surface area contributed by atoms with Crippen LogP contribution in [-0.2, 0) is 0 Å². The number of pyridine rings is 1. The Morgan fingerprint density at radius 2 is 1.63 bits per heavy atom. The second-order valence-electron chi connectivity index (χ2n) is 6.59. The van der Waals surface area contributed by atoms with E-state index >= 15 is 0 Å². The van der Waals surface area contributed by atoms with Crippen molar-refractivity contribution >= 4 is 23.0 Å². The van der Waals surface area contributed by atoms with Crippen LogP contribution in [0.2, 0.25) is 0 Å². The van der Waals surface area contributed by atoms with Crippen LogP contribution in [0.4, 0.5) is 17.1 Å². The summed E-state index contributed by atoms with van der Waals surface area (Å²) in [6, 6.07) is 15.4. The zero-order valence-electron chi connectivity index (χ0n) is 16.0. The number of ether oxygens (including phenoxy) is 1. The summed E-state index contributed by atoms with van der Waals surface area (Å²) in [4.78, 5) is 16.8. The topological polar surface area (TPSA) is 63.2 Å². The van der Waals surface area contributed by atoms with Crippen LogP contribution in [0.15, 0.2) is 54.7 Å². The highest BCUT2D eigenvalue weighted by Crippen LogP contribution is 2.28. The minimum atomic E-state index is -0.250. The van der Waals surface area contributed by atoms with Gasteiger partial charge < -0.3 is 15.4 Å². The van der Waals surface area contributed by atoms with E-state index < -0.39 is 0 Å². The van der Waals surface area contributed by atoms with Gasteiger partial charge in [-0.25, -0.2) is 0 Å². The van der Waals surface area contributed by atoms with Gasteiger partial charge in [0.1, 0.15) is 11.4 Å². The van der Waals surface area contributed by atoms with Crippen LogP contribution >= 0.6 is 0 Å². The number of benzene rings is 2. The first-order valence-electron chi connectivity index (χ1n) is 8.72. The lowest BCUT2D eigenvalue weighted by atomic mass is 10.1. The molecule has 5 heteroatoms. The summed E-state index contributed by atoms with van der Waals surface area (Å²) >= 11 is 0. The fourth-order valence-corrected chi connectivity index (χ4v) is 2.95. The van der Waals surface area contributed by atoms with E-state index in [0.717, 1.165) is 39.5 Å². The molecule has 27 heavy (non-hydrogen) atoms. The Morgan fingerprint density at radius 1 is 0.889 bits per heavy atom. The molecular formula is C22H23N3O2. The van der Waals surface area contributed by atoms with Gasteiger partial charge in [0, 0.05) is 17.6 Å². The molecule has 0 fully saturated rings. The van der Waals surface area contributed by atoms with Crippen LogP contribution in [0, 0.1) is 20.8 Å². The van der Waals surface area contributed by atoms with E-state index in [1.807, 2.05) is 57.2 Å². The molecular weight excluding hydrogens is 338 g/mol. The molecule has 3 aromatic rings. The first-order valence-corrected chi connectivity index (χ1v) is 8.72. The van der Waals surface area contributed by atoms with E-state index in [1.54, 1.807) is 19.4 Å². The van der Waals surface area contributed by atoms with Gasteiger partial charge in [0.2, 0.25) is 0 Å². The molecule has 0 radical (unpaired) electrons. The second-order valence-corrected chi connectivity index (χ2v) is 6.59. The normalized spacial score (nSPS) is 10.4. The molecule has 5 nitrogen and oxygen atoms in total. The molecule has 138 valence electrons. The van der Waals surface area contributed by atoms with Crippen molar-refractivity contribution in [1.82, 2.24) is 4.98 Å². The van der Waals surface area contributed by atoms with Crippen LogP contribution in [0.3, 0.4) is 0 Å². The highest BCUT2D eigenvalue weighted by molar-refractivity contribution is 6.03. The Kier molecular flexibility index (Phi) is 5.41. The summed E-state index contributed by atoms with van der Waals surface area (Å²) in [6.45, 7) is 6.02. The van der Waals surface area contributed by atoms with E-state index in [-0.39, 0.29) is 5.91 Å². The number of methoxy groups -OCH3 is 1. The van der Waals surface area contributed by atoms with Crippen molar-refractivity contribution in [2.24, 2.45) is 0 Å². The lowest BCUT2D eigenvalue weighted by Crippen LogP contribution is -2.14. The van der Waals surface area contributed by atoms with Gasteiger partial charge in [-0.1, -0.05) is 12.1 Å². The lowest BCUT2D eigenvalue weighted by Gasteiger charge is -2.13. The third-order valence-corrected chi connectivity index (χ3v) is 4.11. The fourth-order valence-electron chi connectivity index (χ4n) is 2.95. The van der Waals surface area contributed by atoms with Crippen molar-refractivity contribution in [1.29, 1.82) is 0 Å². The van der Waals surface area contributed by atoms with E-state index in [0.29, 0.717) is 5.69 Å². The molecule has 0 aliphatic carbocycles. The molecule has 3 rings (SSSR count). The molecule has 0 spiro atoms. The Balaban J connectivity index is 1.81. The zero-order chi connectivity index (χ0) is 19.4. The van der Waals surface area contributed by atoms with Gasteiger partial charge in [-0.3, -0.25) is 9.78 Å². The summed E-state index contributed by atoms with van der Waals surface area (Å²) in [6.07, 6.45) is 1.61. The number of aryl methyl sites for hydroxylation is 3. The van der Waals surface area contributed by atoms with Gasteiger partial charge in [-0.15, -0.1) is 0 Å². The highest BCUT2D eigenvalue weighted by atomic mass is 16.5. The Bertz CT molecular complexity index is 963. The van der Waals surface area contributed by atoms with Crippen LogP contribution in [-0.4, -0.2) is 18.0 Å². The van der Waals surface area contributed by atoms with E-state index in [9.17, 15) is 4.79 Å². The summed E-state index contributed by atoms with van der Waals surface area (Å²) in [7, 11) is 1.63. The van der Waals surface area contributed by atoms with E-state index in [2.05, 4.69) is 21.7 Å². The van der Waals surface area contributed by atoms with Crippen LogP contribution in [0.25, 0.3) is 0 Å². The molecule has 0 saturated heterocycles. The Hall–Kier alpha value is -3.34. The summed E-state index contributed by atoms with van der Waals surface area (Å²) in [5.74, 6) is 0.485. The second kappa shape index (κ2) is 7.91. The van der Waals surface area contributed by atoms with Crippen LogP contribution in [0.1, 0.15) is 27.2 Å². The van der Waals surface area contributed by atoms with Crippen molar-refractivity contribution in [2.75, 3.05) is 17.7 Å². The molecule has 0 aliphatic heterocycles. The maximum absolute atomic E-state index is 12.6. The van der Waals surface area contributed by atoms with Crippen LogP contribution < -0.4 is 15.4 Å². The van der Waals surface area contributed by atoms with Gasteiger partial charge in [0.15, 0.2) is 0 Å². The third-order valence-electron chi connectivity index (χ3n) is 4.11. The number of carbonyl (C=O) groups is 1. The number of amides is 1. The van der Waals surface area contributed by atoms with Crippen molar-refractivity contribution < 1.29 is 9.53 Å². The average molecular weight is 361 g/mol. The lowest BCUT2D eigenvalue weighted by molar-refractivity contribution is 0.102.